The number of hydrogen-bond donors (Lipinski definition) is 2. The van der Waals surface area contributed by atoms with Crippen molar-refractivity contribution in [3.05, 3.63) is 33.7 Å². The predicted octanol–water partition coefficient (Wildman–Crippen LogP) is 1.92. The number of halogens is 1. The van der Waals surface area contributed by atoms with E-state index in [1.165, 1.54) is 27.5 Å². The van der Waals surface area contributed by atoms with Gasteiger partial charge in [-0.1, -0.05) is 6.92 Å². The van der Waals surface area contributed by atoms with Crippen LogP contribution < -0.4 is 16.2 Å². The van der Waals surface area contributed by atoms with Crippen LogP contribution in [0.1, 0.15) is 25.5 Å². The molecule has 0 unspecified atom stereocenters. The Bertz CT molecular complexity index is 771. The first-order valence-corrected chi connectivity index (χ1v) is 10.1. The standard InChI is InChI=1S/C16H22N4O2S2.ClH/c1-16(2-4-17-5-3-16)11-18-13(21)10-23-9-12-8-14(22)20-6-7-24-15(20)19-12;/h6-8,17H,2-5,9-11H2,1H3,(H,18,21);1H. The molecule has 138 valence electrons. The summed E-state index contributed by atoms with van der Waals surface area (Å²) in [6.45, 7) is 5.00. The fourth-order valence-corrected chi connectivity index (χ4v) is 4.27. The first-order chi connectivity index (χ1) is 11.6. The number of hydrogen-bond acceptors (Lipinski definition) is 6. The monoisotopic (exact) mass is 402 g/mol. The van der Waals surface area contributed by atoms with Gasteiger partial charge in [0.15, 0.2) is 4.96 Å². The molecular formula is C16H23ClN4O2S2. The van der Waals surface area contributed by atoms with E-state index in [0.29, 0.717) is 16.5 Å². The lowest BCUT2D eigenvalue weighted by Gasteiger charge is -2.34. The van der Waals surface area contributed by atoms with Gasteiger partial charge < -0.3 is 10.6 Å². The van der Waals surface area contributed by atoms with E-state index in [1.807, 2.05) is 5.38 Å². The average molecular weight is 403 g/mol. The number of nitrogens with zero attached hydrogens (tertiary/aromatic N) is 2. The Morgan fingerprint density at radius 3 is 3.00 bits per heavy atom. The van der Waals surface area contributed by atoms with Crippen molar-refractivity contribution in [2.75, 3.05) is 25.4 Å². The Morgan fingerprint density at radius 2 is 2.24 bits per heavy atom. The highest BCUT2D eigenvalue weighted by Crippen LogP contribution is 2.26. The molecular weight excluding hydrogens is 380 g/mol. The first kappa shape index (κ1) is 20.2. The van der Waals surface area contributed by atoms with E-state index in [9.17, 15) is 9.59 Å². The van der Waals surface area contributed by atoms with Crippen LogP contribution in [-0.2, 0) is 10.5 Å². The van der Waals surface area contributed by atoms with Gasteiger partial charge in [0.25, 0.3) is 5.56 Å². The molecule has 2 aromatic rings. The second-order valence-corrected chi connectivity index (χ2v) is 8.33. The Labute approximate surface area is 161 Å². The van der Waals surface area contributed by atoms with Crippen molar-refractivity contribution in [3.63, 3.8) is 0 Å². The largest absolute Gasteiger partial charge is 0.355 e. The maximum absolute atomic E-state index is 12.0. The second-order valence-electron chi connectivity index (χ2n) is 6.47. The van der Waals surface area contributed by atoms with Crippen LogP contribution >= 0.6 is 35.5 Å². The molecule has 25 heavy (non-hydrogen) atoms. The summed E-state index contributed by atoms with van der Waals surface area (Å²) in [5.74, 6) is 1.01. The molecule has 0 aromatic carbocycles. The van der Waals surface area contributed by atoms with Gasteiger partial charge in [0.2, 0.25) is 5.91 Å². The molecule has 1 amide bonds. The SMILES string of the molecule is CC1(CNC(=O)CSCc2cc(=O)n3ccsc3n2)CCNCC1.Cl. The van der Waals surface area contributed by atoms with E-state index in [0.717, 1.165) is 38.2 Å². The van der Waals surface area contributed by atoms with Crippen LogP contribution in [0.25, 0.3) is 4.96 Å². The fourth-order valence-electron chi connectivity index (χ4n) is 2.78. The van der Waals surface area contributed by atoms with Crippen LogP contribution in [-0.4, -0.2) is 40.7 Å². The molecule has 9 heteroatoms. The summed E-state index contributed by atoms with van der Waals surface area (Å²) < 4.78 is 1.53. The van der Waals surface area contributed by atoms with Gasteiger partial charge in [-0.2, -0.15) is 0 Å². The van der Waals surface area contributed by atoms with Gasteiger partial charge in [0, 0.05) is 29.9 Å². The minimum Gasteiger partial charge on any atom is -0.355 e. The third kappa shape index (κ3) is 5.44. The van der Waals surface area contributed by atoms with E-state index in [4.69, 9.17) is 0 Å². The average Bonchev–Trinajstić information content (AvgIpc) is 3.03. The molecule has 6 nitrogen and oxygen atoms in total. The number of fused-ring (bicyclic) bond motifs is 1. The van der Waals surface area contributed by atoms with Crippen LogP contribution in [0.3, 0.4) is 0 Å². The molecule has 2 aromatic heterocycles. The summed E-state index contributed by atoms with van der Waals surface area (Å²) >= 11 is 2.93. The number of piperidine rings is 1. The molecule has 0 spiro atoms. The molecule has 0 atom stereocenters. The number of carbonyl (C=O) groups is 1. The summed E-state index contributed by atoms with van der Waals surface area (Å²) in [4.78, 5) is 29.1. The molecule has 3 heterocycles. The van der Waals surface area contributed by atoms with Crippen LogP contribution in [0, 0.1) is 5.41 Å². The highest BCUT2D eigenvalue weighted by atomic mass is 35.5. The first-order valence-electron chi connectivity index (χ1n) is 8.07. The zero-order valence-electron chi connectivity index (χ0n) is 14.1. The van der Waals surface area contributed by atoms with Gasteiger partial charge >= 0.3 is 0 Å². The van der Waals surface area contributed by atoms with Crippen molar-refractivity contribution in [1.29, 1.82) is 0 Å². The van der Waals surface area contributed by atoms with Crippen molar-refractivity contribution in [3.8, 4) is 0 Å². The third-order valence-electron chi connectivity index (χ3n) is 4.36. The molecule has 0 aliphatic carbocycles. The van der Waals surface area contributed by atoms with E-state index < -0.39 is 0 Å². The van der Waals surface area contributed by atoms with E-state index in [2.05, 4.69) is 22.5 Å². The van der Waals surface area contributed by atoms with E-state index >= 15 is 0 Å². The van der Waals surface area contributed by atoms with E-state index in [1.54, 1.807) is 12.3 Å². The smallest absolute Gasteiger partial charge is 0.258 e. The summed E-state index contributed by atoms with van der Waals surface area (Å²) in [6, 6.07) is 1.54. The fraction of sp³-hybridized carbons (Fsp3) is 0.562. The lowest BCUT2D eigenvalue weighted by atomic mass is 9.81. The van der Waals surface area contributed by atoms with Crippen molar-refractivity contribution >= 4 is 46.4 Å². The Hall–Kier alpha value is -1.09. The summed E-state index contributed by atoms with van der Waals surface area (Å²) in [5, 5.41) is 8.23. The Morgan fingerprint density at radius 1 is 1.48 bits per heavy atom. The molecule has 1 aliphatic rings. The van der Waals surface area contributed by atoms with Gasteiger partial charge in [-0.05, 0) is 31.3 Å². The third-order valence-corrected chi connectivity index (χ3v) is 6.09. The van der Waals surface area contributed by atoms with Crippen molar-refractivity contribution in [1.82, 2.24) is 20.0 Å². The van der Waals surface area contributed by atoms with Crippen molar-refractivity contribution < 1.29 is 4.79 Å². The normalized spacial score (nSPS) is 16.4. The number of aromatic nitrogens is 2. The number of nitrogens with one attached hydrogen (secondary N) is 2. The van der Waals surface area contributed by atoms with Gasteiger partial charge in [-0.3, -0.25) is 14.0 Å². The molecule has 3 rings (SSSR count). The molecule has 0 bridgehead atoms. The number of rotatable bonds is 6. The van der Waals surface area contributed by atoms with Crippen LogP contribution in [0.15, 0.2) is 22.4 Å². The Balaban J connectivity index is 0.00000225. The highest BCUT2D eigenvalue weighted by molar-refractivity contribution is 7.99. The van der Waals surface area contributed by atoms with Gasteiger partial charge in [-0.25, -0.2) is 4.98 Å². The zero-order valence-corrected chi connectivity index (χ0v) is 16.6. The number of thioether (sulfide) groups is 1. The molecule has 1 fully saturated rings. The lowest BCUT2D eigenvalue weighted by Crippen LogP contribution is -2.43. The molecule has 2 N–H and O–H groups in total. The predicted molar refractivity (Wildman–Crippen MR) is 106 cm³/mol. The summed E-state index contributed by atoms with van der Waals surface area (Å²) in [6.07, 6.45) is 3.91. The molecule has 0 radical (unpaired) electrons. The minimum absolute atomic E-state index is 0. The maximum atomic E-state index is 12.0. The lowest BCUT2D eigenvalue weighted by molar-refractivity contribution is -0.119. The Kier molecular flexibility index (Phi) is 7.30. The molecule has 1 saturated heterocycles. The maximum Gasteiger partial charge on any atom is 0.258 e. The summed E-state index contributed by atoms with van der Waals surface area (Å²) in [7, 11) is 0. The van der Waals surface area contributed by atoms with E-state index in [-0.39, 0.29) is 29.3 Å². The van der Waals surface area contributed by atoms with Crippen LogP contribution in [0.5, 0.6) is 0 Å². The zero-order chi connectivity index (χ0) is 17.0. The van der Waals surface area contributed by atoms with Crippen molar-refractivity contribution in [2.24, 2.45) is 5.41 Å². The topological polar surface area (TPSA) is 75.5 Å². The highest BCUT2D eigenvalue weighted by Gasteiger charge is 2.26. The van der Waals surface area contributed by atoms with Crippen molar-refractivity contribution in [2.45, 2.75) is 25.5 Å². The van der Waals surface area contributed by atoms with Gasteiger partial charge in [0.05, 0.1) is 11.4 Å². The number of carbonyl (C=O) groups excluding carboxylic acids is 1. The molecule has 0 saturated carbocycles. The second kappa shape index (κ2) is 9.02. The minimum atomic E-state index is -0.0693. The number of amides is 1. The van der Waals surface area contributed by atoms with Crippen LogP contribution in [0.2, 0.25) is 0 Å². The number of thiazole rings is 1. The molecule has 1 aliphatic heterocycles. The van der Waals surface area contributed by atoms with Gasteiger partial charge in [0.1, 0.15) is 0 Å². The van der Waals surface area contributed by atoms with Crippen LogP contribution in [0.4, 0.5) is 0 Å². The van der Waals surface area contributed by atoms with Gasteiger partial charge in [-0.15, -0.1) is 35.5 Å². The summed E-state index contributed by atoms with van der Waals surface area (Å²) in [5.41, 5.74) is 0.858. The quantitative estimate of drug-likeness (QED) is 0.772.